The molecule has 0 amide bonds. The summed E-state index contributed by atoms with van der Waals surface area (Å²) in [5.74, 6) is 1.24. The second-order valence-corrected chi connectivity index (χ2v) is 30.6. The van der Waals surface area contributed by atoms with E-state index < -0.39 is 60.5 Å². The lowest BCUT2D eigenvalue weighted by Crippen LogP contribution is -2.59. The van der Waals surface area contributed by atoms with Crippen LogP contribution in [0.25, 0.3) is 72.0 Å². The maximum Gasteiger partial charge on any atom is 0.256 e. The van der Waals surface area contributed by atoms with E-state index >= 15 is 0 Å². The fourth-order valence-corrected chi connectivity index (χ4v) is 16.2. The van der Waals surface area contributed by atoms with Gasteiger partial charge in [-0.15, -0.1) is 0 Å². The predicted octanol–water partition coefficient (Wildman–Crippen LogP) is 23.9. The number of rotatable bonds is 9. The summed E-state index contributed by atoms with van der Waals surface area (Å²) >= 11 is 0. The summed E-state index contributed by atoms with van der Waals surface area (Å²) < 4.78 is 96.5. The van der Waals surface area contributed by atoms with Gasteiger partial charge in [0.2, 0.25) is 0 Å². The van der Waals surface area contributed by atoms with Gasteiger partial charge in [-0.25, -0.2) is 0 Å². The molecule has 15 aromatic rings. The van der Waals surface area contributed by atoms with Crippen molar-refractivity contribution in [3.05, 3.63) is 360 Å². The highest BCUT2D eigenvalue weighted by Crippen LogP contribution is 2.59. The van der Waals surface area contributed by atoms with E-state index in [0.717, 1.165) is 111 Å². The van der Waals surface area contributed by atoms with Crippen LogP contribution in [0.3, 0.4) is 0 Å². The molecule has 3 aliphatic heterocycles. The van der Waals surface area contributed by atoms with Crippen LogP contribution in [0.5, 0.6) is 11.5 Å². The summed E-state index contributed by atoms with van der Waals surface area (Å²) in [6.07, 6.45) is 0. The van der Waals surface area contributed by atoms with Crippen molar-refractivity contribution < 1.29 is 17.1 Å². The molecule has 0 atom stereocenters. The predicted molar refractivity (Wildman–Crippen MR) is 431 cm³/mol. The molecule has 492 valence electrons. The maximum atomic E-state index is 11.6. The zero-order valence-electron chi connectivity index (χ0n) is 67.7. The number of aromatic nitrogens is 1. The number of benzene rings is 14. The van der Waals surface area contributed by atoms with Crippen LogP contribution in [0.15, 0.2) is 321 Å². The van der Waals surface area contributed by atoms with Crippen molar-refractivity contribution in [2.24, 2.45) is 0 Å². The Kier molecular flexibility index (Phi) is 12.4. The molecule has 18 rings (SSSR count). The molecule has 0 radical (unpaired) electrons. The first-order valence-corrected chi connectivity index (χ1v) is 35.3. The molecule has 0 spiro atoms. The van der Waals surface area contributed by atoms with Crippen molar-refractivity contribution in [2.75, 3.05) is 9.80 Å². The van der Waals surface area contributed by atoms with Crippen molar-refractivity contribution in [1.82, 2.24) is 4.57 Å². The van der Waals surface area contributed by atoms with Crippen LogP contribution in [-0.4, -0.2) is 11.3 Å². The van der Waals surface area contributed by atoms with Crippen LogP contribution in [-0.2, 0) is 21.7 Å². The Hall–Kier alpha value is -11.7. The topological polar surface area (TPSA) is 20.6 Å². The quantitative estimate of drug-likeness (QED) is 0.134. The third-order valence-electron chi connectivity index (χ3n) is 21.3. The molecule has 4 heterocycles. The van der Waals surface area contributed by atoms with E-state index in [1.54, 1.807) is 6.07 Å². The average molecular weight is 1320 g/mol. The third kappa shape index (κ3) is 10.1. The van der Waals surface area contributed by atoms with Gasteiger partial charge >= 0.3 is 0 Å². The monoisotopic (exact) mass is 1320 g/mol. The van der Waals surface area contributed by atoms with E-state index in [4.69, 9.17) is 7.48 Å². The van der Waals surface area contributed by atoms with Crippen molar-refractivity contribution >= 4 is 79.0 Å². The highest BCUT2D eigenvalue weighted by atomic mass is 16.5. The first-order chi connectivity index (χ1) is 53.2. The Balaban J connectivity index is 1.01. The number of nitrogens with zero attached hydrogens (tertiary/aromatic N) is 3. The minimum absolute atomic E-state index is 0.0658. The van der Waals surface area contributed by atoms with Crippen LogP contribution in [0, 0.1) is 0 Å². The van der Waals surface area contributed by atoms with Crippen molar-refractivity contribution in [1.29, 1.82) is 0 Å². The summed E-state index contributed by atoms with van der Waals surface area (Å²) in [5, 5.41) is -0.152. The molecule has 102 heavy (non-hydrogen) atoms. The Morgan fingerprint density at radius 3 is 1.42 bits per heavy atom. The standard InChI is InChI=1S/C97H80BN3O/c1-94(2,3)71-53-67(54-72(59-71)95(4,5)6)66-47-50-83-90(57-66)102-91-58-68(65-48-52-87-81(55-65)97(69-35-19-12-20-36-69,70-37-21-13-22-38-70)80-43-27-30-46-86(80)99(87)74-39-23-14-24-40-74)56-89-92(91)98(83)82-51-49-75(100-84-44-28-25-41-76(84)77-42-26-29-45-85(77)100)62-88(82)101(89)93-78(63-31-15-10-16-32-63)60-73(96(7,8)9)61-79(93)64-33-17-11-18-34-64/h10-62H,1-9H3/i25D,26D,28D,29D,41D,42D,44D,45D,62D. The van der Waals surface area contributed by atoms with Crippen LogP contribution < -0.4 is 30.9 Å². The molecule has 0 unspecified atom stereocenters. The molecule has 3 aliphatic rings. The van der Waals surface area contributed by atoms with Gasteiger partial charge in [-0.3, -0.25) is 0 Å². The smallest absolute Gasteiger partial charge is 0.256 e. The number of ether oxygens (including phenoxy) is 1. The molecule has 0 saturated heterocycles. The zero-order valence-corrected chi connectivity index (χ0v) is 58.7. The molecule has 0 fully saturated rings. The molecule has 0 N–H and O–H groups in total. The van der Waals surface area contributed by atoms with Gasteiger partial charge in [0.25, 0.3) is 6.71 Å². The summed E-state index contributed by atoms with van der Waals surface area (Å²) in [6.45, 7) is 19.6. The van der Waals surface area contributed by atoms with Crippen molar-refractivity contribution in [2.45, 2.75) is 84.0 Å². The molecule has 0 saturated carbocycles. The van der Waals surface area contributed by atoms with E-state index in [-0.39, 0.29) is 49.8 Å². The number of hydrogen-bond donors (Lipinski definition) is 0. The molecule has 5 heteroatoms. The molecule has 14 aromatic carbocycles. The molecule has 4 nitrogen and oxygen atoms in total. The Labute approximate surface area is 613 Å². The normalized spacial score (nSPS) is 14.9. The second kappa shape index (κ2) is 23.8. The van der Waals surface area contributed by atoms with Crippen LogP contribution >= 0.6 is 0 Å². The van der Waals surface area contributed by atoms with Gasteiger partial charge in [-0.05, 0) is 190 Å². The Bertz CT molecular complexity index is 6160. The highest BCUT2D eigenvalue weighted by molar-refractivity contribution is 6.99. The minimum atomic E-state index is -0.879. The molecule has 1 aromatic heterocycles. The van der Waals surface area contributed by atoms with Gasteiger partial charge in [-0.1, -0.05) is 299 Å². The number of anilines is 6. The van der Waals surface area contributed by atoms with Crippen molar-refractivity contribution in [3.63, 3.8) is 0 Å². The van der Waals surface area contributed by atoms with Gasteiger partial charge in [0, 0.05) is 44.6 Å². The van der Waals surface area contributed by atoms with E-state index in [0.29, 0.717) is 22.9 Å². The van der Waals surface area contributed by atoms with Crippen molar-refractivity contribution in [3.8, 4) is 61.7 Å². The summed E-state index contributed by atoms with van der Waals surface area (Å²) in [5.41, 5.74) is 20.9. The van der Waals surface area contributed by atoms with Crippen LogP contribution in [0.2, 0.25) is 0 Å². The third-order valence-corrected chi connectivity index (χ3v) is 21.3. The van der Waals surface area contributed by atoms with Crippen LogP contribution in [0.4, 0.5) is 34.1 Å². The summed E-state index contributed by atoms with van der Waals surface area (Å²) in [4.78, 5) is 4.63. The lowest BCUT2D eigenvalue weighted by atomic mass is 9.34. The molecule has 0 bridgehead atoms. The van der Waals surface area contributed by atoms with Gasteiger partial charge in [-0.2, -0.15) is 0 Å². The molecule has 0 aliphatic carbocycles. The highest BCUT2D eigenvalue weighted by Gasteiger charge is 2.48. The van der Waals surface area contributed by atoms with E-state index in [1.807, 2.05) is 42.5 Å². The number of hydrogen-bond acceptors (Lipinski definition) is 3. The van der Waals surface area contributed by atoms with Gasteiger partial charge in [0.15, 0.2) is 0 Å². The first kappa shape index (κ1) is 53.3. The van der Waals surface area contributed by atoms with Gasteiger partial charge < -0.3 is 19.1 Å². The van der Waals surface area contributed by atoms with E-state index in [1.165, 1.54) is 15.7 Å². The lowest BCUT2D eigenvalue weighted by Gasteiger charge is -2.46. The molecular formula is C97H80BN3O. The Morgan fingerprint density at radius 1 is 0.353 bits per heavy atom. The fourth-order valence-electron chi connectivity index (χ4n) is 16.2. The Morgan fingerprint density at radius 2 is 0.833 bits per heavy atom. The lowest BCUT2D eigenvalue weighted by molar-refractivity contribution is 0.488. The van der Waals surface area contributed by atoms with Crippen LogP contribution in [0.1, 0.15) is 114 Å². The second-order valence-electron chi connectivity index (χ2n) is 30.6. The fraction of sp³-hybridized carbons (Fsp3) is 0.134. The summed E-state index contributed by atoms with van der Waals surface area (Å²) in [7, 11) is 0. The SMILES string of the molecule is [2H]c1c(-n2c3c([2H])c([2H])c([2H])c([2H])c3c3c([2H])c([2H])c([2H])c([2H])c32)ccc2c1N(c1c(-c3ccccc3)cc(C(C)(C)C)cc1-c1ccccc1)c1cc(-c3ccc4c(c3)C(c3ccccc3)(c3ccccc3)c3ccccc3N4c3ccccc3)cc3c1B2c1ccc(-c2cc(C(C)(C)C)cc(C(C)(C)C)c2)cc1O3. The van der Waals surface area contributed by atoms with Gasteiger partial charge in [0.1, 0.15) is 11.5 Å². The average Bonchev–Trinajstić information content (AvgIpc) is 1.57. The largest absolute Gasteiger partial charge is 0.458 e. The number of para-hydroxylation sites is 4. The van der Waals surface area contributed by atoms with E-state index in [2.05, 4.69) is 291 Å². The zero-order chi connectivity index (χ0) is 77.2. The number of fused-ring (bicyclic) bond motifs is 9. The maximum absolute atomic E-state index is 11.6. The first-order valence-electron chi connectivity index (χ1n) is 39.8. The van der Waals surface area contributed by atoms with Gasteiger partial charge in [0.05, 0.1) is 45.8 Å². The summed E-state index contributed by atoms with van der Waals surface area (Å²) in [6, 6.07) is 90.9. The van der Waals surface area contributed by atoms with E-state index in [9.17, 15) is 9.60 Å². The minimum Gasteiger partial charge on any atom is -0.458 e. The molecular weight excluding hydrogens is 1230 g/mol.